The summed E-state index contributed by atoms with van der Waals surface area (Å²) in [5, 5.41) is 0. The van der Waals surface area contributed by atoms with Gasteiger partial charge in [0.15, 0.2) is 0 Å². The number of aromatic nitrogens is 1. The molecule has 1 aromatic rings. The molecule has 0 aliphatic carbocycles. The predicted octanol–water partition coefficient (Wildman–Crippen LogP) is 4.41. The highest BCUT2D eigenvalue weighted by molar-refractivity contribution is 5.88. The summed E-state index contributed by atoms with van der Waals surface area (Å²) in [7, 11) is 0. The highest BCUT2D eigenvalue weighted by Crippen LogP contribution is 2.26. The summed E-state index contributed by atoms with van der Waals surface area (Å²) in [4.78, 5) is 12.4. The molecule has 0 saturated heterocycles. The average molecular weight is 245 g/mol. The Balaban J connectivity index is 3.41. The van der Waals surface area contributed by atoms with Crippen LogP contribution >= 0.6 is 0 Å². The van der Waals surface area contributed by atoms with E-state index >= 15 is 0 Å². The maximum atomic E-state index is 12.4. The van der Waals surface area contributed by atoms with Crippen molar-refractivity contribution in [1.29, 1.82) is 0 Å². The van der Waals surface area contributed by atoms with Gasteiger partial charge in [-0.25, -0.2) is 0 Å². The second-order valence-corrected chi connectivity index (χ2v) is 5.54. The Labute approximate surface area is 110 Å². The van der Waals surface area contributed by atoms with Gasteiger partial charge in [-0.2, -0.15) is 0 Å². The van der Waals surface area contributed by atoms with Crippen LogP contribution in [-0.2, 0) is 6.42 Å². The highest BCUT2D eigenvalue weighted by Gasteiger charge is 2.26. The van der Waals surface area contributed by atoms with Gasteiger partial charge in [-0.05, 0) is 18.1 Å². The van der Waals surface area contributed by atoms with Gasteiger partial charge in [0, 0.05) is 17.2 Å². The zero-order valence-electron chi connectivity index (χ0n) is 11.9. The fourth-order valence-corrected chi connectivity index (χ4v) is 2.03. The molecule has 18 heavy (non-hydrogen) atoms. The van der Waals surface area contributed by atoms with Crippen molar-refractivity contribution in [2.24, 2.45) is 5.41 Å². The molecular formula is C16H23NO. The molecule has 2 heteroatoms. The van der Waals surface area contributed by atoms with Crippen LogP contribution in [0.1, 0.15) is 55.7 Å². The number of aryl methyl sites for hydroxylation is 1. The van der Waals surface area contributed by atoms with Crippen LogP contribution in [-0.4, -0.2) is 10.5 Å². The van der Waals surface area contributed by atoms with Gasteiger partial charge in [-0.1, -0.05) is 53.3 Å². The molecule has 1 aromatic heterocycles. The molecule has 0 unspecified atom stereocenters. The van der Waals surface area contributed by atoms with E-state index in [0.29, 0.717) is 0 Å². The van der Waals surface area contributed by atoms with Crippen LogP contribution in [0.25, 0.3) is 12.2 Å². The molecule has 0 spiro atoms. The van der Waals surface area contributed by atoms with Gasteiger partial charge in [0.25, 0.3) is 0 Å². The van der Waals surface area contributed by atoms with E-state index in [4.69, 9.17) is 0 Å². The predicted molar refractivity (Wildman–Crippen MR) is 78.7 cm³/mol. The molecule has 0 aliphatic rings. The first-order chi connectivity index (χ1) is 8.36. The largest absolute Gasteiger partial charge is 0.287 e. The molecule has 1 heterocycles. The van der Waals surface area contributed by atoms with Gasteiger partial charge >= 0.3 is 0 Å². The van der Waals surface area contributed by atoms with Crippen molar-refractivity contribution in [3.63, 3.8) is 0 Å². The minimum absolute atomic E-state index is 0.0860. The molecule has 98 valence electrons. The van der Waals surface area contributed by atoms with E-state index in [2.05, 4.69) is 20.1 Å². The van der Waals surface area contributed by atoms with Crippen LogP contribution < -0.4 is 0 Å². The Kier molecular flexibility index (Phi) is 4.33. The van der Waals surface area contributed by atoms with Gasteiger partial charge in [-0.15, -0.1) is 0 Å². The number of carbonyl (C=O) groups excluding carboxylic acids is 1. The third-order valence-electron chi connectivity index (χ3n) is 2.94. The first kappa shape index (κ1) is 14.5. The molecule has 0 bridgehead atoms. The van der Waals surface area contributed by atoms with Gasteiger partial charge < -0.3 is 0 Å². The number of carbonyl (C=O) groups is 1. The lowest BCUT2D eigenvalue weighted by molar-refractivity contribution is 0.0766. The maximum Gasteiger partial charge on any atom is 0.236 e. The zero-order chi connectivity index (χ0) is 13.9. The van der Waals surface area contributed by atoms with E-state index in [9.17, 15) is 4.79 Å². The van der Waals surface area contributed by atoms with Crippen molar-refractivity contribution >= 4 is 18.1 Å². The van der Waals surface area contributed by atoms with E-state index in [1.165, 1.54) is 5.56 Å². The summed E-state index contributed by atoms with van der Waals surface area (Å²) in [6, 6.07) is 0. The van der Waals surface area contributed by atoms with Gasteiger partial charge in [0.1, 0.15) is 0 Å². The lowest BCUT2D eigenvalue weighted by Gasteiger charge is -2.18. The summed E-state index contributed by atoms with van der Waals surface area (Å²) in [6.45, 7) is 15.6. The molecule has 0 aliphatic heterocycles. The molecule has 1 rings (SSSR count). The van der Waals surface area contributed by atoms with Crippen molar-refractivity contribution < 1.29 is 4.79 Å². The summed E-state index contributed by atoms with van der Waals surface area (Å²) in [5.74, 6) is 0.0860. The average Bonchev–Trinajstić information content (AvgIpc) is 2.64. The first-order valence-corrected chi connectivity index (χ1v) is 6.40. The van der Waals surface area contributed by atoms with Crippen LogP contribution in [0, 0.1) is 5.41 Å². The smallest absolute Gasteiger partial charge is 0.236 e. The topological polar surface area (TPSA) is 22.0 Å². The second kappa shape index (κ2) is 5.38. The minimum Gasteiger partial charge on any atom is -0.287 e. The van der Waals surface area contributed by atoms with Crippen LogP contribution in [0.4, 0.5) is 0 Å². The molecule has 0 atom stereocenters. The zero-order valence-corrected chi connectivity index (χ0v) is 11.9. The maximum absolute atomic E-state index is 12.4. The molecular weight excluding hydrogens is 222 g/mol. The van der Waals surface area contributed by atoms with Crippen LogP contribution in [0.5, 0.6) is 0 Å². The van der Waals surface area contributed by atoms with E-state index < -0.39 is 5.41 Å². The molecule has 0 radical (unpaired) electrons. The fourth-order valence-electron chi connectivity index (χ4n) is 2.03. The Morgan fingerprint density at radius 3 is 2.33 bits per heavy atom. The lowest BCUT2D eigenvalue weighted by atomic mass is 9.95. The molecule has 2 nitrogen and oxygen atoms in total. The fraction of sp³-hybridized carbons (Fsp3) is 0.438. The lowest BCUT2D eigenvalue weighted by Crippen LogP contribution is -2.27. The molecule has 0 aromatic carbocycles. The van der Waals surface area contributed by atoms with Crippen LogP contribution in [0.15, 0.2) is 19.4 Å². The summed E-state index contributed by atoms with van der Waals surface area (Å²) >= 11 is 0. The van der Waals surface area contributed by atoms with Gasteiger partial charge in [0.2, 0.25) is 5.91 Å². The number of rotatable bonds is 4. The van der Waals surface area contributed by atoms with Gasteiger partial charge in [0.05, 0.1) is 5.69 Å². The SMILES string of the molecule is C=Cc1c(CCC)cn(C(=O)C(C)(C)C)c1C=C. The third-order valence-corrected chi connectivity index (χ3v) is 2.94. The standard InChI is InChI=1S/C16H23NO/c1-7-10-12-11-17(15(18)16(4,5)6)14(9-3)13(12)8-2/h8-9,11H,2-3,7,10H2,1,4-6H3. The second-order valence-electron chi connectivity index (χ2n) is 5.54. The quantitative estimate of drug-likeness (QED) is 0.770. The Hall–Kier alpha value is -1.57. The molecule has 0 amide bonds. The van der Waals surface area contributed by atoms with Crippen molar-refractivity contribution in [1.82, 2.24) is 4.57 Å². The number of nitrogens with zero attached hydrogens (tertiary/aromatic N) is 1. The normalized spacial score (nSPS) is 11.3. The molecule has 0 fully saturated rings. The van der Waals surface area contributed by atoms with E-state index in [-0.39, 0.29) is 5.91 Å². The molecule has 0 saturated carbocycles. The van der Waals surface area contributed by atoms with Crippen molar-refractivity contribution in [3.8, 4) is 0 Å². The monoisotopic (exact) mass is 245 g/mol. The first-order valence-electron chi connectivity index (χ1n) is 6.40. The van der Waals surface area contributed by atoms with Crippen molar-refractivity contribution in [2.45, 2.75) is 40.5 Å². The number of hydrogen-bond acceptors (Lipinski definition) is 1. The minimum atomic E-state index is -0.404. The van der Waals surface area contributed by atoms with Gasteiger partial charge in [-0.3, -0.25) is 9.36 Å². The Morgan fingerprint density at radius 1 is 1.33 bits per heavy atom. The summed E-state index contributed by atoms with van der Waals surface area (Å²) < 4.78 is 1.72. The number of hydrogen-bond donors (Lipinski definition) is 0. The molecule has 0 N–H and O–H groups in total. The third kappa shape index (κ3) is 2.63. The van der Waals surface area contributed by atoms with Crippen molar-refractivity contribution in [3.05, 3.63) is 36.2 Å². The van der Waals surface area contributed by atoms with E-state index in [1.807, 2.05) is 33.0 Å². The Bertz CT molecular complexity index is 472. The highest BCUT2D eigenvalue weighted by atomic mass is 16.2. The van der Waals surface area contributed by atoms with Crippen LogP contribution in [0.3, 0.4) is 0 Å². The van der Waals surface area contributed by atoms with Crippen molar-refractivity contribution in [2.75, 3.05) is 0 Å². The summed E-state index contributed by atoms with van der Waals surface area (Å²) in [5.41, 5.74) is 2.65. The van der Waals surface area contributed by atoms with Crippen LogP contribution in [0.2, 0.25) is 0 Å². The van der Waals surface area contributed by atoms with E-state index in [1.54, 1.807) is 10.6 Å². The van der Waals surface area contributed by atoms with E-state index in [0.717, 1.165) is 24.1 Å². The Morgan fingerprint density at radius 2 is 1.94 bits per heavy atom. The summed E-state index contributed by atoms with van der Waals surface area (Å²) in [6.07, 6.45) is 7.48.